The van der Waals surface area contributed by atoms with Crippen LogP contribution in [0.5, 0.6) is 0 Å². The van der Waals surface area contributed by atoms with Crippen LogP contribution in [0.1, 0.15) is 19.8 Å². The van der Waals surface area contributed by atoms with Gasteiger partial charge in [0.2, 0.25) is 5.91 Å². The highest BCUT2D eigenvalue weighted by atomic mass is 19.0. The average molecular weight is 161 g/mol. The van der Waals surface area contributed by atoms with Crippen LogP contribution in [-0.4, -0.2) is 24.4 Å². The SMILES string of the molecule is C=CC(=O)N(C)CCCC.F. The lowest BCUT2D eigenvalue weighted by molar-refractivity contribution is -0.124. The fourth-order valence-corrected chi connectivity index (χ4v) is 0.661. The van der Waals surface area contributed by atoms with Crippen LogP contribution < -0.4 is 0 Å². The Morgan fingerprint density at radius 2 is 2.18 bits per heavy atom. The molecule has 0 aliphatic rings. The van der Waals surface area contributed by atoms with E-state index in [9.17, 15) is 4.79 Å². The normalized spacial score (nSPS) is 8.18. The zero-order valence-electron chi connectivity index (χ0n) is 7.17. The number of amides is 1. The van der Waals surface area contributed by atoms with Gasteiger partial charge in [-0.15, -0.1) is 0 Å². The number of nitrogens with zero attached hydrogens (tertiary/aromatic N) is 1. The van der Waals surface area contributed by atoms with Crippen LogP contribution >= 0.6 is 0 Å². The lowest BCUT2D eigenvalue weighted by Gasteiger charge is -2.13. The van der Waals surface area contributed by atoms with Crippen molar-refractivity contribution < 1.29 is 9.50 Å². The molecule has 0 aliphatic heterocycles. The van der Waals surface area contributed by atoms with E-state index >= 15 is 0 Å². The van der Waals surface area contributed by atoms with Gasteiger partial charge in [-0.05, 0) is 12.5 Å². The highest BCUT2D eigenvalue weighted by Crippen LogP contribution is 1.91. The van der Waals surface area contributed by atoms with Gasteiger partial charge in [0.25, 0.3) is 0 Å². The van der Waals surface area contributed by atoms with Gasteiger partial charge in [-0.2, -0.15) is 0 Å². The monoisotopic (exact) mass is 161 g/mol. The molecule has 0 aliphatic carbocycles. The maximum atomic E-state index is 10.8. The lowest BCUT2D eigenvalue weighted by Crippen LogP contribution is -2.25. The van der Waals surface area contributed by atoms with E-state index in [0.29, 0.717) is 0 Å². The van der Waals surface area contributed by atoms with Gasteiger partial charge in [0.15, 0.2) is 0 Å². The number of unbranched alkanes of at least 4 members (excludes halogenated alkanes) is 1. The summed E-state index contributed by atoms with van der Waals surface area (Å²) in [5.74, 6) is 0.00782. The second-order valence-corrected chi connectivity index (χ2v) is 2.32. The van der Waals surface area contributed by atoms with Crippen LogP contribution in [0.25, 0.3) is 0 Å². The minimum absolute atomic E-state index is 0. The third-order valence-electron chi connectivity index (χ3n) is 1.40. The molecule has 0 heterocycles. The Bertz CT molecular complexity index is 125. The Morgan fingerprint density at radius 3 is 2.55 bits per heavy atom. The van der Waals surface area contributed by atoms with Crippen molar-refractivity contribution in [2.24, 2.45) is 0 Å². The van der Waals surface area contributed by atoms with Crippen LogP contribution in [0.4, 0.5) is 4.70 Å². The molecule has 3 heteroatoms. The summed E-state index contributed by atoms with van der Waals surface area (Å²) < 4.78 is 0. The minimum Gasteiger partial charge on any atom is -0.342 e. The van der Waals surface area contributed by atoms with Crippen molar-refractivity contribution in [3.05, 3.63) is 12.7 Å². The minimum atomic E-state index is 0. The molecule has 0 N–H and O–H groups in total. The van der Waals surface area contributed by atoms with Gasteiger partial charge >= 0.3 is 0 Å². The summed E-state index contributed by atoms with van der Waals surface area (Å²) in [4.78, 5) is 12.5. The van der Waals surface area contributed by atoms with E-state index in [0.717, 1.165) is 19.4 Å². The third kappa shape index (κ3) is 5.58. The number of halogens is 1. The van der Waals surface area contributed by atoms with E-state index in [1.165, 1.54) is 6.08 Å². The largest absolute Gasteiger partial charge is 0.342 e. The second-order valence-electron chi connectivity index (χ2n) is 2.32. The van der Waals surface area contributed by atoms with Crippen molar-refractivity contribution in [2.75, 3.05) is 13.6 Å². The summed E-state index contributed by atoms with van der Waals surface area (Å²) in [6.07, 6.45) is 3.53. The van der Waals surface area contributed by atoms with Gasteiger partial charge in [0.05, 0.1) is 0 Å². The zero-order chi connectivity index (χ0) is 7.98. The Labute approximate surface area is 67.3 Å². The number of carbonyl (C=O) groups excluding carboxylic acids is 1. The summed E-state index contributed by atoms with van der Waals surface area (Å²) in [6.45, 7) is 6.34. The van der Waals surface area contributed by atoms with E-state index in [1.54, 1.807) is 11.9 Å². The van der Waals surface area contributed by atoms with Crippen molar-refractivity contribution in [3.8, 4) is 0 Å². The summed E-state index contributed by atoms with van der Waals surface area (Å²) in [5.41, 5.74) is 0. The molecule has 1 amide bonds. The molecule has 0 bridgehead atoms. The predicted molar refractivity (Wildman–Crippen MR) is 45.2 cm³/mol. The standard InChI is InChI=1S/C8H15NO.FH/c1-4-6-7-9(3)8(10)5-2;/h5H,2,4,6-7H2,1,3H3;1H. The zero-order valence-corrected chi connectivity index (χ0v) is 7.17. The molecule has 0 saturated carbocycles. The van der Waals surface area contributed by atoms with Gasteiger partial charge in [-0.1, -0.05) is 19.9 Å². The molecular weight excluding hydrogens is 145 g/mol. The molecule has 0 atom stereocenters. The Balaban J connectivity index is 0. The predicted octanol–water partition coefficient (Wildman–Crippen LogP) is 1.58. The summed E-state index contributed by atoms with van der Waals surface area (Å²) in [6, 6.07) is 0. The summed E-state index contributed by atoms with van der Waals surface area (Å²) in [5, 5.41) is 0. The number of likely N-dealkylation sites (N-methyl/N-ethyl adjacent to an activating group) is 1. The van der Waals surface area contributed by atoms with E-state index < -0.39 is 0 Å². The molecule has 0 fully saturated rings. The first-order valence-electron chi connectivity index (χ1n) is 3.60. The first kappa shape index (κ1) is 12.8. The molecule has 11 heavy (non-hydrogen) atoms. The maximum Gasteiger partial charge on any atom is 0.245 e. The summed E-state index contributed by atoms with van der Waals surface area (Å²) >= 11 is 0. The molecule has 0 saturated heterocycles. The first-order chi connectivity index (χ1) is 4.72. The highest BCUT2D eigenvalue weighted by Gasteiger charge is 2.00. The van der Waals surface area contributed by atoms with E-state index in [-0.39, 0.29) is 10.6 Å². The van der Waals surface area contributed by atoms with Crippen molar-refractivity contribution in [2.45, 2.75) is 19.8 Å². The highest BCUT2D eigenvalue weighted by molar-refractivity contribution is 5.86. The number of rotatable bonds is 4. The van der Waals surface area contributed by atoms with Gasteiger partial charge in [-0.25, -0.2) is 0 Å². The van der Waals surface area contributed by atoms with Crippen molar-refractivity contribution in [1.29, 1.82) is 0 Å². The molecule has 0 aromatic heterocycles. The molecule has 0 rings (SSSR count). The van der Waals surface area contributed by atoms with Gasteiger partial charge < -0.3 is 4.90 Å². The molecule has 0 spiro atoms. The van der Waals surface area contributed by atoms with E-state index in [4.69, 9.17) is 0 Å². The van der Waals surface area contributed by atoms with Crippen LogP contribution in [0.15, 0.2) is 12.7 Å². The molecule has 66 valence electrons. The van der Waals surface area contributed by atoms with Crippen molar-refractivity contribution in [3.63, 3.8) is 0 Å². The Hall–Kier alpha value is -0.860. The molecule has 2 nitrogen and oxygen atoms in total. The topological polar surface area (TPSA) is 20.3 Å². The van der Waals surface area contributed by atoms with Gasteiger partial charge in [-0.3, -0.25) is 9.50 Å². The molecule has 0 aromatic rings. The molecule has 0 radical (unpaired) electrons. The van der Waals surface area contributed by atoms with Crippen molar-refractivity contribution >= 4 is 5.91 Å². The van der Waals surface area contributed by atoms with Crippen LogP contribution in [0.2, 0.25) is 0 Å². The first-order valence-corrected chi connectivity index (χ1v) is 3.60. The quantitative estimate of drug-likeness (QED) is 0.573. The van der Waals surface area contributed by atoms with E-state index in [2.05, 4.69) is 13.5 Å². The number of carbonyl (C=O) groups is 1. The van der Waals surface area contributed by atoms with E-state index in [1.807, 2.05) is 0 Å². The molecule has 0 aromatic carbocycles. The fourth-order valence-electron chi connectivity index (χ4n) is 0.661. The van der Waals surface area contributed by atoms with Crippen LogP contribution in [0, 0.1) is 0 Å². The summed E-state index contributed by atoms with van der Waals surface area (Å²) in [7, 11) is 1.79. The third-order valence-corrected chi connectivity index (χ3v) is 1.40. The maximum absolute atomic E-state index is 10.8. The van der Waals surface area contributed by atoms with Gasteiger partial charge in [0, 0.05) is 13.6 Å². The Morgan fingerprint density at radius 1 is 1.64 bits per heavy atom. The van der Waals surface area contributed by atoms with Gasteiger partial charge in [0.1, 0.15) is 0 Å². The fraction of sp³-hybridized carbons (Fsp3) is 0.625. The van der Waals surface area contributed by atoms with Crippen LogP contribution in [0.3, 0.4) is 0 Å². The van der Waals surface area contributed by atoms with Crippen LogP contribution in [-0.2, 0) is 4.79 Å². The smallest absolute Gasteiger partial charge is 0.245 e. The molecule has 0 unspecified atom stereocenters. The lowest BCUT2D eigenvalue weighted by atomic mass is 10.3. The van der Waals surface area contributed by atoms with Crippen molar-refractivity contribution in [1.82, 2.24) is 4.90 Å². The second kappa shape index (κ2) is 7.25. The molecular formula is C8H16FNO. The number of hydrogen-bond acceptors (Lipinski definition) is 1. The average Bonchev–Trinajstić information content (AvgIpc) is 1.98. The number of hydrogen-bond donors (Lipinski definition) is 0. The Kier molecular flexibility index (Phi) is 8.43.